The topological polar surface area (TPSA) is 49.8 Å². The molecule has 0 saturated carbocycles. The van der Waals surface area contributed by atoms with Gasteiger partial charge in [0.25, 0.3) is 0 Å². The predicted molar refractivity (Wildman–Crippen MR) is 50.2 cm³/mol. The minimum atomic E-state index is 0.210. The van der Waals surface area contributed by atoms with E-state index in [1.54, 1.807) is 12.1 Å². The van der Waals surface area contributed by atoms with E-state index < -0.39 is 0 Å². The third-order valence-electron chi connectivity index (χ3n) is 1.45. The predicted octanol–water partition coefficient (Wildman–Crippen LogP) is 2.64. The molecule has 2 N–H and O–H groups in total. The maximum atomic E-state index is 8.44. The zero-order valence-electron chi connectivity index (χ0n) is 6.14. The van der Waals surface area contributed by atoms with Crippen LogP contribution in [0.4, 0.5) is 5.69 Å². The van der Waals surface area contributed by atoms with Crippen molar-refractivity contribution in [3.8, 4) is 6.07 Å². The van der Waals surface area contributed by atoms with E-state index in [4.69, 9.17) is 34.2 Å². The van der Waals surface area contributed by atoms with Crippen LogP contribution in [0.2, 0.25) is 10.0 Å². The minimum Gasteiger partial charge on any atom is -0.398 e. The van der Waals surface area contributed by atoms with Gasteiger partial charge in [-0.05, 0) is 12.1 Å². The van der Waals surface area contributed by atoms with Crippen molar-refractivity contribution in [1.82, 2.24) is 0 Å². The standard InChI is InChI=1S/C8H6Cl2N2/c9-5-3-7(10)6(1-2-11)8(12)4-5/h3-4H,1,12H2. The number of benzene rings is 1. The van der Waals surface area contributed by atoms with E-state index in [2.05, 4.69) is 0 Å². The number of nitrogen functional groups attached to an aromatic ring is 1. The van der Waals surface area contributed by atoms with Gasteiger partial charge in [0, 0.05) is 21.3 Å². The number of halogens is 2. The first kappa shape index (κ1) is 9.18. The Morgan fingerprint density at radius 2 is 2.08 bits per heavy atom. The maximum absolute atomic E-state index is 8.44. The molecule has 0 atom stereocenters. The second-order valence-electron chi connectivity index (χ2n) is 2.29. The Morgan fingerprint density at radius 3 is 2.58 bits per heavy atom. The number of hydrogen-bond acceptors (Lipinski definition) is 2. The summed E-state index contributed by atoms with van der Waals surface area (Å²) in [4.78, 5) is 0. The molecule has 62 valence electrons. The van der Waals surface area contributed by atoms with E-state index in [0.29, 0.717) is 21.3 Å². The van der Waals surface area contributed by atoms with E-state index in [1.807, 2.05) is 6.07 Å². The van der Waals surface area contributed by atoms with E-state index >= 15 is 0 Å². The summed E-state index contributed by atoms with van der Waals surface area (Å²) < 4.78 is 0. The molecular formula is C8H6Cl2N2. The van der Waals surface area contributed by atoms with Gasteiger partial charge in [0.05, 0.1) is 12.5 Å². The summed E-state index contributed by atoms with van der Waals surface area (Å²) >= 11 is 11.5. The van der Waals surface area contributed by atoms with Gasteiger partial charge in [0.1, 0.15) is 0 Å². The van der Waals surface area contributed by atoms with Crippen molar-refractivity contribution in [2.45, 2.75) is 6.42 Å². The first-order chi connectivity index (χ1) is 5.65. The monoisotopic (exact) mass is 200 g/mol. The summed E-state index contributed by atoms with van der Waals surface area (Å²) in [5, 5.41) is 9.37. The molecule has 4 heteroatoms. The van der Waals surface area contributed by atoms with Crippen LogP contribution in [0.25, 0.3) is 0 Å². The third-order valence-corrected chi connectivity index (χ3v) is 2.01. The molecule has 0 aliphatic heterocycles. The Balaban J connectivity index is 3.21. The summed E-state index contributed by atoms with van der Waals surface area (Å²) in [7, 11) is 0. The van der Waals surface area contributed by atoms with Crippen molar-refractivity contribution in [1.29, 1.82) is 5.26 Å². The number of hydrogen-bond donors (Lipinski definition) is 1. The number of nitrogens with two attached hydrogens (primary N) is 1. The number of rotatable bonds is 1. The highest BCUT2D eigenvalue weighted by Crippen LogP contribution is 2.27. The van der Waals surface area contributed by atoms with Gasteiger partial charge in [-0.25, -0.2) is 0 Å². The van der Waals surface area contributed by atoms with Crippen molar-refractivity contribution in [3.05, 3.63) is 27.7 Å². The molecule has 0 amide bonds. The molecule has 0 heterocycles. The molecule has 0 aliphatic carbocycles. The van der Waals surface area contributed by atoms with Crippen molar-refractivity contribution < 1.29 is 0 Å². The lowest BCUT2D eigenvalue weighted by Gasteiger charge is -2.04. The van der Waals surface area contributed by atoms with Crippen LogP contribution in [-0.2, 0) is 6.42 Å². The quantitative estimate of drug-likeness (QED) is 0.710. The van der Waals surface area contributed by atoms with Crippen LogP contribution in [0, 0.1) is 11.3 Å². The van der Waals surface area contributed by atoms with Crippen molar-refractivity contribution in [2.75, 3.05) is 5.73 Å². The van der Waals surface area contributed by atoms with Crippen LogP contribution in [-0.4, -0.2) is 0 Å². The molecule has 2 nitrogen and oxygen atoms in total. The van der Waals surface area contributed by atoms with Crippen molar-refractivity contribution in [2.24, 2.45) is 0 Å². The highest BCUT2D eigenvalue weighted by atomic mass is 35.5. The van der Waals surface area contributed by atoms with Crippen LogP contribution in [0.1, 0.15) is 5.56 Å². The van der Waals surface area contributed by atoms with Gasteiger partial charge in [-0.2, -0.15) is 5.26 Å². The Bertz CT molecular complexity index is 318. The molecule has 0 aliphatic rings. The molecule has 0 bridgehead atoms. The molecular weight excluding hydrogens is 195 g/mol. The summed E-state index contributed by atoms with van der Waals surface area (Å²) in [6.07, 6.45) is 0.210. The molecule has 0 fully saturated rings. The smallest absolute Gasteiger partial charge is 0.0671 e. The van der Waals surface area contributed by atoms with Crippen LogP contribution in [0.15, 0.2) is 12.1 Å². The van der Waals surface area contributed by atoms with E-state index in [-0.39, 0.29) is 6.42 Å². The van der Waals surface area contributed by atoms with E-state index in [1.165, 1.54) is 0 Å². The summed E-state index contributed by atoms with van der Waals surface area (Å²) in [6.45, 7) is 0. The SMILES string of the molecule is N#CCc1c(N)cc(Cl)cc1Cl. The Morgan fingerprint density at radius 1 is 1.42 bits per heavy atom. The van der Waals surface area contributed by atoms with Crippen LogP contribution in [0.3, 0.4) is 0 Å². The van der Waals surface area contributed by atoms with Crippen LogP contribution < -0.4 is 5.73 Å². The maximum Gasteiger partial charge on any atom is 0.0671 e. The molecule has 0 spiro atoms. The third kappa shape index (κ3) is 1.82. The van der Waals surface area contributed by atoms with Crippen LogP contribution in [0.5, 0.6) is 0 Å². The summed E-state index contributed by atoms with van der Waals surface area (Å²) in [5.74, 6) is 0. The van der Waals surface area contributed by atoms with Gasteiger partial charge in [-0.15, -0.1) is 0 Å². The fraction of sp³-hybridized carbons (Fsp3) is 0.125. The second kappa shape index (κ2) is 3.66. The molecule has 1 aromatic carbocycles. The Kier molecular flexibility index (Phi) is 2.80. The number of nitriles is 1. The fourth-order valence-corrected chi connectivity index (χ4v) is 1.46. The van der Waals surface area contributed by atoms with Gasteiger partial charge in [0.15, 0.2) is 0 Å². The van der Waals surface area contributed by atoms with Gasteiger partial charge < -0.3 is 5.73 Å². The van der Waals surface area contributed by atoms with Crippen LogP contribution >= 0.6 is 23.2 Å². The number of nitrogens with zero attached hydrogens (tertiary/aromatic N) is 1. The average molecular weight is 201 g/mol. The molecule has 1 aromatic rings. The zero-order chi connectivity index (χ0) is 9.14. The van der Waals surface area contributed by atoms with Crippen molar-refractivity contribution >= 4 is 28.9 Å². The first-order valence-corrected chi connectivity index (χ1v) is 4.01. The Hall–Kier alpha value is -0.910. The fourth-order valence-electron chi connectivity index (χ4n) is 0.889. The van der Waals surface area contributed by atoms with Gasteiger partial charge in [-0.1, -0.05) is 23.2 Å². The minimum absolute atomic E-state index is 0.210. The molecule has 0 saturated heterocycles. The van der Waals surface area contributed by atoms with Gasteiger partial charge in [0.2, 0.25) is 0 Å². The van der Waals surface area contributed by atoms with Gasteiger partial charge in [-0.3, -0.25) is 0 Å². The second-order valence-corrected chi connectivity index (χ2v) is 3.13. The molecule has 0 aromatic heterocycles. The van der Waals surface area contributed by atoms with E-state index in [9.17, 15) is 0 Å². The normalized spacial score (nSPS) is 9.42. The molecule has 1 rings (SSSR count). The number of anilines is 1. The zero-order valence-corrected chi connectivity index (χ0v) is 7.65. The summed E-state index contributed by atoms with van der Waals surface area (Å²) in [5.41, 5.74) is 6.70. The van der Waals surface area contributed by atoms with Gasteiger partial charge >= 0.3 is 0 Å². The van der Waals surface area contributed by atoms with E-state index in [0.717, 1.165) is 0 Å². The first-order valence-electron chi connectivity index (χ1n) is 3.25. The molecule has 12 heavy (non-hydrogen) atoms. The van der Waals surface area contributed by atoms with Crippen molar-refractivity contribution in [3.63, 3.8) is 0 Å². The Labute approximate surface area is 80.5 Å². The lowest BCUT2D eigenvalue weighted by molar-refractivity contribution is 1.27. The lowest BCUT2D eigenvalue weighted by Crippen LogP contribution is -1.94. The average Bonchev–Trinajstić information content (AvgIpc) is 1.96. The summed E-state index contributed by atoms with van der Waals surface area (Å²) in [6, 6.07) is 5.14. The highest BCUT2D eigenvalue weighted by Gasteiger charge is 2.05. The molecule has 0 radical (unpaired) electrons. The lowest BCUT2D eigenvalue weighted by atomic mass is 10.1. The molecule has 0 unspecified atom stereocenters. The highest BCUT2D eigenvalue weighted by molar-refractivity contribution is 6.35. The largest absolute Gasteiger partial charge is 0.398 e.